The van der Waals surface area contributed by atoms with Crippen LogP contribution in [0.4, 0.5) is 0 Å². The molecule has 0 unspecified atom stereocenters. The first kappa shape index (κ1) is 8.43. The monoisotopic (exact) mass is 130 g/mol. The van der Waals surface area contributed by atoms with Crippen LogP contribution in [0.1, 0.15) is 26.2 Å². The molecule has 1 amide bonds. The van der Waals surface area contributed by atoms with Gasteiger partial charge < -0.3 is 11.5 Å². The van der Waals surface area contributed by atoms with E-state index in [1.54, 1.807) is 0 Å². The Kier molecular flexibility index (Phi) is 4.05. The SMILES string of the molecule is C[C@H](N)CCCC(N)=O. The summed E-state index contributed by atoms with van der Waals surface area (Å²) >= 11 is 0. The van der Waals surface area contributed by atoms with Crippen molar-refractivity contribution in [1.29, 1.82) is 0 Å². The standard InChI is InChI=1S/C6H14N2O/c1-5(7)3-2-4-6(8)9/h5H,2-4,7H2,1H3,(H2,8,9)/t5-/m0/s1. The summed E-state index contributed by atoms with van der Waals surface area (Å²) < 4.78 is 0. The molecule has 54 valence electrons. The van der Waals surface area contributed by atoms with Gasteiger partial charge in [0.2, 0.25) is 5.91 Å². The van der Waals surface area contributed by atoms with Crippen LogP contribution in [0.15, 0.2) is 0 Å². The minimum Gasteiger partial charge on any atom is -0.370 e. The van der Waals surface area contributed by atoms with Crippen molar-refractivity contribution in [1.82, 2.24) is 0 Å². The van der Waals surface area contributed by atoms with Crippen LogP contribution in [0.2, 0.25) is 0 Å². The van der Waals surface area contributed by atoms with Crippen molar-refractivity contribution in [3.05, 3.63) is 0 Å². The van der Waals surface area contributed by atoms with Crippen LogP contribution in [0.5, 0.6) is 0 Å². The summed E-state index contributed by atoms with van der Waals surface area (Å²) in [5.74, 6) is -0.240. The van der Waals surface area contributed by atoms with Crippen LogP contribution >= 0.6 is 0 Å². The van der Waals surface area contributed by atoms with Gasteiger partial charge in [0.1, 0.15) is 0 Å². The number of nitrogens with two attached hydrogens (primary N) is 2. The van der Waals surface area contributed by atoms with Gasteiger partial charge >= 0.3 is 0 Å². The highest BCUT2D eigenvalue weighted by molar-refractivity contribution is 5.73. The van der Waals surface area contributed by atoms with E-state index in [1.807, 2.05) is 6.92 Å². The lowest BCUT2D eigenvalue weighted by Gasteiger charge is -2.00. The van der Waals surface area contributed by atoms with E-state index in [2.05, 4.69) is 0 Å². The first-order chi connectivity index (χ1) is 4.13. The van der Waals surface area contributed by atoms with Gasteiger partial charge in [-0.15, -0.1) is 0 Å². The number of primary amides is 1. The molecule has 0 aromatic heterocycles. The Morgan fingerprint density at radius 1 is 1.67 bits per heavy atom. The van der Waals surface area contributed by atoms with Gasteiger partial charge in [-0.05, 0) is 19.8 Å². The third-order valence-electron chi connectivity index (χ3n) is 1.08. The van der Waals surface area contributed by atoms with E-state index >= 15 is 0 Å². The van der Waals surface area contributed by atoms with Gasteiger partial charge in [-0.3, -0.25) is 4.79 Å². The largest absolute Gasteiger partial charge is 0.370 e. The summed E-state index contributed by atoms with van der Waals surface area (Å²) in [5, 5.41) is 0. The highest BCUT2D eigenvalue weighted by Crippen LogP contribution is 1.96. The highest BCUT2D eigenvalue weighted by Gasteiger charge is 1.96. The van der Waals surface area contributed by atoms with Crippen LogP contribution < -0.4 is 11.5 Å². The molecule has 0 aliphatic rings. The van der Waals surface area contributed by atoms with Crippen molar-refractivity contribution in [2.45, 2.75) is 32.2 Å². The Labute approximate surface area is 55.4 Å². The third-order valence-corrected chi connectivity index (χ3v) is 1.08. The van der Waals surface area contributed by atoms with Gasteiger partial charge in [-0.25, -0.2) is 0 Å². The second-order valence-electron chi connectivity index (χ2n) is 2.34. The van der Waals surface area contributed by atoms with Crippen molar-refractivity contribution < 1.29 is 4.79 Å². The van der Waals surface area contributed by atoms with E-state index in [9.17, 15) is 4.79 Å². The number of hydrogen-bond donors (Lipinski definition) is 2. The number of carbonyl (C=O) groups excluding carboxylic acids is 1. The number of amides is 1. The maximum Gasteiger partial charge on any atom is 0.217 e. The molecule has 4 N–H and O–H groups in total. The summed E-state index contributed by atoms with van der Waals surface area (Å²) in [6.45, 7) is 1.92. The molecule has 0 aromatic carbocycles. The van der Waals surface area contributed by atoms with Crippen LogP contribution in [0.25, 0.3) is 0 Å². The lowest BCUT2D eigenvalue weighted by Crippen LogP contribution is -2.16. The molecule has 0 aliphatic heterocycles. The highest BCUT2D eigenvalue weighted by atomic mass is 16.1. The fraction of sp³-hybridized carbons (Fsp3) is 0.833. The maximum atomic E-state index is 10.2. The van der Waals surface area contributed by atoms with Crippen LogP contribution in [0.3, 0.4) is 0 Å². The molecule has 0 radical (unpaired) electrons. The Balaban J connectivity index is 3.01. The molecule has 0 spiro atoms. The van der Waals surface area contributed by atoms with E-state index in [4.69, 9.17) is 11.5 Å². The van der Waals surface area contributed by atoms with Crippen molar-refractivity contribution in [3.63, 3.8) is 0 Å². The van der Waals surface area contributed by atoms with Gasteiger partial charge in [0.25, 0.3) is 0 Å². The second kappa shape index (κ2) is 4.32. The molecule has 1 atom stereocenters. The number of carbonyl (C=O) groups is 1. The van der Waals surface area contributed by atoms with E-state index in [-0.39, 0.29) is 11.9 Å². The Morgan fingerprint density at radius 3 is 2.56 bits per heavy atom. The molecule has 3 heteroatoms. The second-order valence-corrected chi connectivity index (χ2v) is 2.34. The molecule has 0 bridgehead atoms. The van der Waals surface area contributed by atoms with E-state index in [0.29, 0.717) is 6.42 Å². The zero-order valence-electron chi connectivity index (χ0n) is 5.76. The summed E-state index contributed by atoms with van der Waals surface area (Å²) in [4.78, 5) is 10.2. The fourth-order valence-electron chi connectivity index (χ4n) is 0.598. The quantitative estimate of drug-likeness (QED) is 0.562. The Morgan fingerprint density at radius 2 is 2.22 bits per heavy atom. The summed E-state index contributed by atoms with van der Waals surface area (Å²) in [6.07, 6.45) is 2.15. The molecule has 0 saturated heterocycles. The summed E-state index contributed by atoms with van der Waals surface area (Å²) in [7, 11) is 0. The molecule has 0 aromatic rings. The predicted molar refractivity (Wildman–Crippen MR) is 36.7 cm³/mol. The topological polar surface area (TPSA) is 69.1 Å². The minimum absolute atomic E-state index is 0.185. The average Bonchev–Trinajstić information content (AvgIpc) is 1.63. The summed E-state index contributed by atoms with van der Waals surface area (Å²) in [5.41, 5.74) is 10.3. The predicted octanol–water partition coefficient (Wildman–Crippen LogP) is -0.0108. The molecule has 0 saturated carbocycles. The molecule has 9 heavy (non-hydrogen) atoms. The Hall–Kier alpha value is -0.570. The van der Waals surface area contributed by atoms with E-state index in [0.717, 1.165) is 12.8 Å². The lowest BCUT2D eigenvalue weighted by molar-refractivity contribution is -0.118. The fourth-order valence-corrected chi connectivity index (χ4v) is 0.598. The van der Waals surface area contributed by atoms with Gasteiger partial charge in [-0.2, -0.15) is 0 Å². The first-order valence-corrected chi connectivity index (χ1v) is 3.17. The van der Waals surface area contributed by atoms with E-state index in [1.165, 1.54) is 0 Å². The molecular formula is C6H14N2O. The molecule has 0 heterocycles. The number of hydrogen-bond acceptors (Lipinski definition) is 2. The van der Waals surface area contributed by atoms with Crippen molar-refractivity contribution in [2.24, 2.45) is 11.5 Å². The van der Waals surface area contributed by atoms with E-state index < -0.39 is 0 Å². The first-order valence-electron chi connectivity index (χ1n) is 3.17. The van der Waals surface area contributed by atoms with Crippen molar-refractivity contribution in [2.75, 3.05) is 0 Å². The maximum absolute atomic E-state index is 10.2. The van der Waals surface area contributed by atoms with Crippen LogP contribution in [0, 0.1) is 0 Å². The van der Waals surface area contributed by atoms with Crippen molar-refractivity contribution >= 4 is 5.91 Å². The smallest absolute Gasteiger partial charge is 0.217 e. The zero-order valence-corrected chi connectivity index (χ0v) is 5.76. The molecule has 0 rings (SSSR count). The Bertz CT molecular complexity index is 91.1. The summed E-state index contributed by atoms with van der Waals surface area (Å²) in [6, 6.07) is 0.185. The van der Waals surface area contributed by atoms with Crippen LogP contribution in [-0.2, 0) is 4.79 Å². The third kappa shape index (κ3) is 7.43. The van der Waals surface area contributed by atoms with Gasteiger partial charge in [0.05, 0.1) is 0 Å². The minimum atomic E-state index is -0.240. The lowest BCUT2D eigenvalue weighted by atomic mass is 10.1. The van der Waals surface area contributed by atoms with Gasteiger partial charge in [0.15, 0.2) is 0 Å². The van der Waals surface area contributed by atoms with Crippen LogP contribution in [-0.4, -0.2) is 11.9 Å². The molecule has 0 fully saturated rings. The molecule has 0 aliphatic carbocycles. The molecular weight excluding hydrogens is 116 g/mol. The normalized spacial score (nSPS) is 13.1. The van der Waals surface area contributed by atoms with Gasteiger partial charge in [-0.1, -0.05) is 0 Å². The average molecular weight is 130 g/mol. The molecule has 3 nitrogen and oxygen atoms in total. The number of rotatable bonds is 4. The van der Waals surface area contributed by atoms with Gasteiger partial charge in [0, 0.05) is 12.5 Å². The van der Waals surface area contributed by atoms with Crippen molar-refractivity contribution in [3.8, 4) is 0 Å². The zero-order chi connectivity index (χ0) is 7.28.